The summed E-state index contributed by atoms with van der Waals surface area (Å²) < 4.78 is 5.04. The summed E-state index contributed by atoms with van der Waals surface area (Å²) >= 11 is 5.94. The monoisotopic (exact) mass is 297 g/mol. The van der Waals surface area contributed by atoms with E-state index in [2.05, 4.69) is 6.07 Å². The molecule has 0 aliphatic heterocycles. The van der Waals surface area contributed by atoms with Gasteiger partial charge in [-0.1, -0.05) is 11.6 Å². The van der Waals surface area contributed by atoms with Gasteiger partial charge in [0.05, 0.1) is 24.0 Å². The first kappa shape index (κ1) is 16.2. The van der Waals surface area contributed by atoms with E-state index in [1.54, 1.807) is 20.1 Å². The number of halogens is 1. The number of hydrogen-bond donors (Lipinski definition) is 0. The fraction of sp³-hybridized carbons (Fsp3) is 0.462. The van der Waals surface area contributed by atoms with Crippen LogP contribution in [-0.4, -0.2) is 31.7 Å². The standard InChI is InChI=1S/C13H16ClN3O3/c1-10-8-13(17(18)19)11(14)9-12(10)16(5-3-4-15)6-7-20-2/h8-9H,3,5-7H2,1-2H3. The summed E-state index contributed by atoms with van der Waals surface area (Å²) in [7, 11) is 1.60. The summed E-state index contributed by atoms with van der Waals surface area (Å²) in [4.78, 5) is 12.3. The Hall–Kier alpha value is -1.84. The molecule has 1 aromatic carbocycles. The van der Waals surface area contributed by atoms with Gasteiger partial charge in [-0.2, -0.15) is 5.26 Å². The quantitative estimate of drug-likeness (QED) is 0.571. The van der Waals surface area contributed by atoms with Crippen LogP contribution in [0.4, 0.5) is 11.4 Å². The van der Waals surface area contributed by atoms with Crippen molar-refractivity contribution in [2.75, 3.05) is 31.7 Å². The van der Waals surface area contributed by atoms with E-state index < -0.39 is 4.92 Å². The minimum atomic E-state index is -0.506. The van der Waals surface area contributed by atoms with Crippen LogP contribution in [0.1, 0.15) is 12.0 Å². The second-order valence-electron chi connectivity index (χ2n) is 4.24. The van der Waals surface area contributed by atoms with E-state index in [-0.39, 0.29) is 10.7 Å². The number of ether oxygens (including phenoxy) is 1. The minimum Gasteiger partial charge on any atom is -0.383 e. The van der Waals surface area contributed by atoms with Crippen LogP contribution >= 0.6 is 11.6 Å². The van der Waals surface area contributed by atoms with E-state index in [0.717, 1.165) is 11.3 Å². The zero-order chi connectivity index (χ0) is 15.1. The molecule has 0 atom stereocenters. The Labute approximate surface area is 122 Å². The summed E-state index contributed by atoms with van der Waals surface area (Å²) in [5.41, 5.74) is 1.42. The second-order valence-corrected chi connectivity index (χ2v) is 4.64. The fourth-order valence-corrected chi connectivity index (χ4v) is 2.10. The van der Waals surface area contributed by atoms with Crippen molar-refractivity contribution in [3.8, 4) is 6.07 Å². The highest BCUT2D eigenvalue weighted by atomic mass is 35.5. The lowest BCUT2D eigenvalue weighted by molar-refractivity contribution is -0.384. The molecule has 0 aliphatic carbocycles. The molecule has 1 rings (SSSR count). The van der Waals surface area contributed by atoms with Gasteiger partial charge in [0, 0.05) is 32.0 Å². The lowest BCUT2D eigenvalue weighted by atomic mass is 10.1. The predicted octanol–water partition coefficient (Wildman–Crippen LogP) is 2.92. The normalized spacial score (nSPS) is 10.1. The molecule has 0 radical (unpaired) electrons. The molecule has 0 aliphatic rings. The van der Waals surface area contributed by atoms with E-state index in [0.29, 0.717) is 26.1 Å². The maximum absolute atomic E-state index is 10.8. The number of aryl methyl sites for hydroxylation is 1. The summed E-state index contributed by atoms with van der Waals surface area (Å²) in [6.07, 6.45) is 0.359. The van der Waals surface area contributed by atoms with Crippen molar-refractivity contribution in [1.82, 2.24) is 0 Å². The van der Waals surface area contributed by atoms with Gasteiger partial charge in [-0.15, -0.1) is 0 Å². The van der Waals surface area contributed by atoms with E-state index in [4.69, 9.17) is 21.6 Å². The molecule has 0 fully saturated rings. The fourth-order valence-electron chi connectivity index (χ4n) is 1.88. The lowest BCUT2D eigenvalue weighted by Gasteiger charge is -2.25. The highest BCUT2D eigenvalue weighted by molar-refractivity contribution is 6.33. The van der Waals surface area contributed by atoms with E-state index >= 15 is 0 Å². The number of benzene rings is 1. The van der Waals surface area contributed by atoms with Gasteiger partial charge in [0.2, 0.25) is 0 Å². The Morgan fingerprint density at radius 2 is 2.20 bits per heavy atom. The molecule has 0 saturated heterocycles. The molecular formula is C13H16ClN3O3. The van der Waals surface area contributed by atoms with Crippen LogP contribution in [0.15, 0.2) is 12.1 Å². The van der Waals surface area contributed by atoms with Gasteiger partial charge in [-0.05, 0) is 18.6 Å². The van der Waals surface area contributed by atoms with Crippen molar-refractivity contribution < 1.29 is 9.66 Å². The molecule has 0 unspecified atom stereocenters. The molecule has 0 saturated carbocycles. The molecule has 7 heteroatoms. The maximum Gasteiger partial charge on any atom is 0.288 e. The topological polar surface area (TPSA) is 79.4 Å². The molecule has 0 spiro atoms. The van der Waals surface area contributed by atoms with E-state index in [9.17, 15) is 10.1 Å². The van der Waals surface area contributed by atoms with Crippen molar-refractivity contribution in [3.05, 3.63) is 32.8 Å². The molecule has 6 nitrogen and oxygen atoms in total. The van der Waals surface area contributed by atoms with Crippen LogP contribution in [0.3, 0.4) is 0 Å². The molecule has 0 N–H and O–H groups in total. The van der Waals surface area contributed by atoms with Crippen LogP contribution in [0.2, 0.25) is 5.02 Å². The van der Waals surface area contributed by atoms with Crippen molar-refractivity contribution in [2.24, 2.45) is 0 Å². The van der Waals surface area contributed by atoms with Crippen molar-refractivity contribution >= 4 is 23.0 Å². The Kier molecular flexibility index (Phi) is 6.22. The van der Waals surface area contributed by atoms with Gasteiger partial charge in [0.25, 0.3) is 5.69 Å². The summed E-state index contributed by atoms with van der Waals surface area (Å²) in [5.74, 6) is 0. The maximum atomic E-state index is 10.8. The Balaban J connectivity index is 3.09. The van der Waals surface area contributed by atoms with E-state index in [1.807, 2.05) is 4.90 Å². The first-order valence-electron chi connectivity index (χ1n) is 6.06. The number of anilines is 1. The lowest BCUT2D eigenvalue weighted by Crippen LogP contribution is -2.28. The van der Waals surface area contributed by atoms with Crippen molar-refractivity contribution in [3.63, 3.8) is 0 Å². The Morgan fingerprint density at radius 3 is 2.75 bits per heavy atom. The summed E-state index contributed by atoms with van der Waals surface area (Å²) in [5, 5.41) is 19.6. The van der Waals surface area contributed by atoms with Crippen LogP contribution in [0.25, 0.3) is 0 Å². The molecular weight excluding hydrogens is 282 g/mol. The molecule has 108 valence electrons. The van der Waals surface area contributed by atoms with Gasteiger partial charge in [-0.3, -0.25) is 10.1 Å². The third-order valence-electron chi connectivity index (χ3n) is 2.86. The number of nitro groups is 1. The third-order valence-corrected chi connectivity index (χ3v) is 3.16. The number of methoxy groups -OCH3 is 1. The molecule has 0 bridgehead atoms. The summed E-state index contributed by atoms with van der Waals surface area (Å²) in [6, 6.07) is 5.10. The highest BCUT2D eigenvalue weighted by Gasteiger charge is 2.18. The smallest absolute Gasteiger partial charge is 0.288 e. The Morgan fingerprint density at radius 1 is 1.50 bits per heavy atom. The Bertz CT molecular complexity index is 528. The number of rotatable bonds is 7. The zero-order valence-electron chi connectivity index (χ0n) is 11.4. The minimum absolute atomic E-state index is 0.0926. The first-order chi connectivity index (χ1) is 9.51. The molecule has 1 aromatic rings. The average Bonchev–Trinajstić information content (AvgIpc) is 2.41. The highest BCUT2D eigenvalue weighted by Crippen LogP contribution is 2.32. The number of nitrogens with zero attached hydrogens (tertiary/aromatic N) is 3. The van der Waals surface area contributed by atoms with Crippen LogP contribution in [0, 0.1) is 28.4 Å². The third kappa shape index (κ3) is 4.08. The van der Waals surface area contributed by atoms with Gasteiger partial charge >= 0.3 is 0 Å². The van der Waals surface area contributed by atoms with Crippen molar-refractivity contribution in [1.29, 1.82) is 5.26 Å². The summed E-state index contributed by atoms with van der Waals surface area (Å²) in [6.45, 7) is 3.40. The van der Waals surface area contributed by atoms with Crippen molar-refractivity contribution in [2.45, 2.75) is 13.3 Å². The van der Waals surface area contributed by atoms with Crippen LogP contribution < -0.4 is 4.90 Å². The number of hydrogen-bond acceptors (Lipinski definition) is 5. The van der Waals surface area contributed by atoms with Gasteiger partial charge in [0.15, 0.2) is 0 Å². The second kappa shape index (κ2) is 7.68. The molecule has 0 aromatic heterocycles. The number of nitro benzene ring substituents is 1. The first-order valence-corrected chi connectivity index (χ1v) is 6.44. The zero-order valence-corrected chi connectivity index (χ0v) is 12.2. The SMILES string of the molecule is COCCN(CCC#N)c1cc(Cl)c([N+](=O)[O-])cc1C. The molecule has 0 amide bonds. The van der Waals surface area contributed by atoms with E-state index in [1.165, 1.54) is 6.07 Å². The van der Waals surface area contributed by atoms with Crippen LogP contribution in [-0.2, 0) is 4.74 Å². The van der Waals surface area contributed by atoms with Gasteiger partial charge < -0.3 is 9.64 Å². The largest absolute Gasteiger partial charge is 0.383 e. The number of nitriles is 1. The van der Waals surface area contributed by atoms with Gasteiger partial charge in [0.1, 0.15) is 5.02 Å². The molecule has 20 heavy (non-hydrogen) atoms. The van der Waals surface area contributed by atoms with Crippen LogP contribution in [0.5, 0.6) is 0 Å². The average molecular weight is 298 g/mol. The van der Waals surface area contributed by atoms with Gasteiger partial charge in [-0.25, -0.2) is 0 Å². The molecule has 0 heterocycles. The predicted molar refractivity (Wildman–Crippen MR) is 77.2 cm³/mol.